The van der Waals surface area contributed by atoms with Gasteiger partial charge in [-0.3, -0.25) is 4.79 Å². The third-order valence-corrected chi connectivity index (χ3v) is 6.20. The summed E-state index contributed by atoms with van der Waals surface area (Å²) in [5.41, 5.74) is 0.925. The number of ether oxygens (including phenoxy) is 1. The monoisotopic (exact) mass is 483 g/mol. The summed E-state index contributed by atoms with van der Waals surface area (Å²) in [6.45, 7) is 2.42. The van der Waals surface area contributed by atoms with E-state index in [-0.39, 0.29) is 29.3 Å². The van der Waals surface area contributed by atoms with Gasteiger partial charge < -0.3 is 20.3 Å². The number of nitrogens with one attached hydrogen (secondary N) is 2. The summed E-state index contributed by atoms with van der Waals surface area (Å²) in [6, 6.07) is 11.4. The van der Waals surface area contributed by atoms with Crippen molar-refractivity contribution in [3.8, 4) is 0 Å². The van der Waals surface area contributed by atoms with Crippen LogP contribution in [-0.2, 0) is 4.74 Å². The molecule has 1 saturated heterocycles. The molecule has 34 heavy (non-hydrogen) atoms. The first-order valence-corrected chi connectivity index (χ1v) is 11.5. The highest BCUT2D eigenvalue weighted by molar-refractivity contribution is 7.13. The lowest BCUT2D eigenvalue weighted by atomic mass is 10.2. The van der Waals surface area contributed by atoms with Crippen LogP contribution in [0.5, 0.6) is 0 Å². The standard InChI is InChI=1S/C23H22FN5O4S/c1-2-33-22(31)16-9-3-4-10-17(16)26-23(32)29-12-6-11-18(29)20-27-28-21(34-20)19(30)25-15-8-5-7-14(24)13-15/h3-5,7-10,13,18H,2,6,11-12H2,1H3,(H,25,30)(H,26,32)/t18-/m0/s1. The molecule has 1 aliphatic rings. The van der Waals surface area contributed by atoms with Crippen molar-refractivity contribution >= 4 is 40.6 Å². The first-order valence-electron chi connectivity index (χ1n) is 10.7. The highest BCUT2D eigenvalue weighted by Crippen LogP contribution is 2.34. The zero-order valence-electron chi connectivity index (χ0n) is 18.3. The normalized spacial score (nSPS) is 15.1. The van der Waals surface area contributed by atoms with Crippen molar-refractivity contribution < 1.29 is 23.5 Å². The zero-order chi connectivity index (χ0) is 24.1. The van der Waals surface area contributed by atoms with Crippen molar-refractivity contribution in [2.24, 2.45) is 0 Å². The molecule has 9 nitrogen and oxygen atoms in total. The van der Waals surface area contributed by atoms with Crippen LogP contribution in [0.15, 0.2) is 48.5 Å². The Hall–Kier alpha value is -3.86. The maximum absolute atomic E-state index is 13.4. The van der Waals surface area contributed by atoms with Gasteiger partial charge in [0.25, 0.3) is 5.91 Å². The second-order valence-electron chi connectivity index (χ2n) is 7.46. The van der Waals surface area contributed by atoms with E-state index in [2.05, 4.69) is 20.8 Å². The Balaban J connectivity index is 1.46. The van der Waals surface area contributed by atoms with Gasteiger partial charge in [0, 0.05) is 12.2 Å². The smallest absolute Gasteiger partial charge is 0.340 e. The third kappa shape index (κ3) is 5.20. The van der Waals surface area contributed by atoms with Crippen LogP contribution in [0.3, 0.4) is 0 Å². The molecular formula is C23H22FN5O4S. The summed E-state index contributed by atoms with van der Waals surface area (Å²) in [6.07, 6.45) is 1.41. The van der Waals surface area contributed by atoms with Crippen LogP contribution in [0.25, 0.3) is 0 Å². The Kier molecular flexibility index (Phi) is 7.12. The highest BCUT2D eigenvalue weighted by atomic mass is 32.1. The van der Waals surface area contributed by atoms with E-state index in [1.807, 2.05) is 0 Å². The Labute approximate surface area is 198 Å². The fourth-order valence-corrected chi connectivity index (χ4v) is 4.53. The lowest BCUT2D eigenvalue weighted by Crippen LogP contribution is -2.34. The number of carbonyl (C=O) groups is 3. The number of halogens is 1. The predicted molar refractivity (Wildman–Crippen MR) is 124 cm³/mol. The van der Waals surface area contributed by atoms with Gasteiger partial charge in [-0.25, -0.2) is 14.0 Å². The molecule has 176 valence electrons. The number of benzene rings is 2. The van der Waals surface area contributed by atoms with Gasteiger partial charge in [0.2, 0.25) is 5.01 Å². The van der Waals surface area contributed by atoms with Crippen molar-refractivity contribution in [2.75, 3.05) is 23.8 Å². The van der Waals surface area contributed by atoms with Crippen molar-refractivity contribution in [3.63, 3.8) is 0 Å². The Bertz CT molecular complexity index is 1220. The molecule has 4 rings (SSSR count). The molecule has 3 aromatic rings. The number of hydrogen-bond acceptors (Lipinski definition) is 7. The summed E-state index contributed by atoms with van der Waals surface area (Å²) in [5, 5.41) is 14.1. The second kappa shape index (κ2) is 10.4. The van der Waals surface area contributed by atoms with Crippen molar-refractivity contribution in [1.82, 2.24) is 15.1 Å². The van der Waals surface area contributed by atoms with E-state index in [1.54, 1.807) is 42.2 Å². The quantitative estimate of drug-likeness (QED) is 0.500. The minimum Gasteiger partial charge on any atom is -0.462 e. The molecule has 11 heteroatoms. The molecule has 0 saturated carbocycles. The third-order valence-electron chi connectivity index (χ3n) is 5.18. The lowest BCUT2D eigenvalue weighted by Gasteiger charge is -2.23. The van der Waals surface area contributed by atoms with Crippen LogP contribution in [0.1, 0.15) is 51.0 Å². The van der Waals surface area contributed by atoms with Gasteiger partial charge in [0.1, 0.15) is 10.8 Å². The summed E-state index contributed by atoms with van der Waals surface area (Å²) in [4.78, 5) is 39.4. The van der Waals surface area contributed by atoms with Gasteiger partial charge in [-0.05, 0) is 50.1 Å². The van der Waals surface area contributed by atoms with Gasteiger partial charge >= 0.3 is 12.0 Å². The van der Waals surface area contributed by atoms with E-state index < -0.39 is 17.7 Å². The number of carbonyl (C=O) groups excluding carboxylic acids is 3. The number of amides is 3. The molecule has 3 amide bonds. The summed E-state index contributed by atoms with van der Waals surface area (Å²) in [5.74, 6) is -1.49. The summed E-state index contributed by atoms with van der Waals surface area (Å²) in [7, 11) is 0. The van der Waals surface area contributed by atoms with Crippen LogP contribution in [0.4, 0.5) is 20.6 Å². The summed E-state index contributed by atoms with van der Waals surface area (Å²) >= 11 is 1.08. The number of anilines is 2. The minimum absolute atomic E-state index is 0.110. The number of esters is 1. The predicted octanol–water partition coefficient (Wildman–Crippen LogP) is 4.48. The molecule has 0 spiro atoms. The maximum atomic E-state index is 13.4. The summed E-state index contributed by atoms with van der Waals surface area (Å²) < 4.78 is 18.4. The molecular weight excluding hydrogens is 461 g/mol. The average molecular weight is 484 g/mol. The van der Waals surface area contributed by atoms with Crippen molar-refractivity contribution in [1.29, 1.82) is 0 Å². The van der Waals surface area contributed by atoms with E-state index in [9.17, 15) is 18.8 Å². The molecule has 0 radical (unpaired) electrons. The van der Waals surface area contributed by atoms with Crippen LogP contribution in [0, 0.1) is 5.82 Å². The fraction of sp³-hybridized carbons (Fsp3) is 0.261. The Morgan fingerprint density at radius 3 is 2.76 bits per heavy atom. The molecule has 0 bridgehead atoms. The topological polar surface area (TPSA) is 114 Å². The SMILES string of the molecule is CCOC(=O)c1ccccc1NC(=O)N1CCC[C@H]1c1nnc(C(=O)Nc2cccc(F)c2)s1. The van der Waals surface area contributed by atoms with Gasteiger partial charge in [-0.1, -0.05) is 29.5 Å². The molecule has 1 fully saturated rings. The molecule has 2 heterocycles. The maximum Gasteiger partial charge on any atom is 0.340 e. The van der Waals surface area contributed by atoms with Gasteiger partial charge in [-0.2, -0.15) is 0 Å². The average Bonchev–Trinajstić information content (AvgIpc) is 3.49. The van der Waals surface area contributed by atoms with Crippen LogP contribution >= 0.6 is 11.3 Å². The first kappa shape index (κ1) is 23.3. The molecule has 2 aromatic carbocycles. The lowest BCUT2D eigenvalue weighted by molar-refractivity contribution is 0.0527. The number of urea groups is 1. The van der Waals surface area contributed by atoms with Crippen molar-refractivity contribution in [2.45, 2.75) is 25.8 Å². The van der Waals surface area contributed by atoms with Crippen LogP contribution < -0.4 is 10.6 Å². The minimum atomic E-state index is -0.519. The van der Waals surface area contributed by atoms with Crippen LogP contribution in [-0.4, -0.2) is 46.2 Å². The molecule has 1 aromatic heterocycles. The van der Waals surface area contributed by atoms with Gasteiger partial charge in [0.05, 0.1) is 23.9 Å². The fourth-order valence-electron chi connectivity index (χ4n) is 3.64. The van der Waals surface area contributed by atoms with Gasteiger partial charge in [0.15, 0.2) is 0 Å². The number of likely N-dealkylation sites (tertiary alicyclic amines) is 1. The Morgan fingerprint density at radius 2 is 1.97 bits per heavy atom. The highest BCUT2D eigenvalue weighted by Gasteiger charge is 2.33. The number of para-hydroxylation sites is 1. The van der Waals surface area contributed by atoms with Crippen molar-refractivity contribution in [3.05, 3.63) is 69.9 Å². The zero-order valence-corrected chi connectivity index (χ0v) is 19.1. The van der Waals surface area contributed by atoms with E-state index in [0.717, 1.165) is 17.8 Å². The van der Waals surface area contributed by atoms with E-state index in [1.165, 1.54) is 18.2 Å². The van der Waals surface area contributed by atoms with E-state index in [0.29, 0.717) is 29.3 Å². The number of rotatable bonds is 6. The Morgan fingerprint density at radius 1 is 1.15 bits per heavy atom. The molecule has 0 unspecified atom stereocenters. The molecule has 2 N–H and O–H groups in total. The largest absolute Gasteiger partial charge is 0.462 e. The van der Waals surface area contributed by atoms with Gasteiger partial charge in [-0.15, -0.1) is 10.2 Å². The number of nitrogens with zero attached hydrogens (tertiary/aromatic N) is 3. The first-order chi connectivity index (χ1) is 16.5. The second-order valence-corrected chi connectivity index (χ2v) is 8.47. The molecule has 0 aliphatic carbocycles. The number of hydrogen-bond donors (Lipinski definition) is 2. The molecule has 1 atom stereocenters. The van der Waals surface area contributed by atoms with E-state index in [4.69, 9.17) is 4.74 Å². The van der Waals surface area contributed by atoms with E-state index >= 15 is 0 Å². The molecule has 1 aliphatic heterocycles. The van der Waals surface area contributed by atoms with Crippen LogP contribution in [0.2, 0.25) is 0 Å². The number of aromatic nitrogens is 2.